The Bertz CT molecular complexity index is 1950. The molecule has 238 valence electrons. The molecular formula is C37H39ClN4O3S. The first-order valence-electron chi connectivity index (χ1n) is 16.2. The van der Waals surface area contributed by atoms with E-state index in [4.69, 9.17) is 26.0 Å². The summed E-state index contributed by atoms with van der Waals surface area (Å²) in [6.45, 7) is 12.9. The summed E-state index contributed by atoms with van der Waals surface area (Å²) in [4.78, 5) is 27.6. The highest BCUT2D eigenvalue weighted by atomic mass is 35.5. The fraction of sp³-hybridized carbons (Fsp3) is 0.378. The summed E-state index contributed by atoms with van der Waals surface area (Å²) in [5, 5.41) is 11.0. The largest absolute Gasteiger partial charge is 0.481 e. The van der Waals surface area contributed by atoms with Crippen LogP contribution in [0.5, 0.6) is 0 Å². The van der Waals surface area contributed by atoms with E-state index >= 15 is 0 Å². The average molecular weight is 655 g/mol. The van der Waals surface area contributed by atoms with Crippen LogP contribution >= 0.6 is 22.9 Å². The highest BCUT2D eigenvalue weighted by Crippen LogP contribution is 2.40. The zero-order valence-electron chi connectivity index (χ0n) is 26.8. The SMILES string of the molecule is CCC(C)N1CCc2nc(-c3cccc(-c4cccc(-c5nc6cc(CN7CC[C@@H](C(=O)O)C7)cc(Cl)c6o5)c4C)c3C)sc2C1. The van der Waals surface area contributed by atoms with Crippen molar-refractivity contribution in [2.45, 2.75) is 66.1 Å². The first-order valence-corrected chi connectivity index (χ1v) is 17.4. The number of thiazole rings is 1. The van der Waals surface area contributed by atoms with Crippen LogP contribution in [-0.4, -0.2) is 56.5 Å². The van der Waals surface area contributed by atoms with Gasteiger partial charge in [-0.2, -0.15) is 0 Å². The van der Waals surface area contributed by atoms with E-state index in [2.05, 4.69) is 67.8 Å². The highest BCUT2D eigenvalue weighted by Gasteiger charge is 2.28. The first kappa shape index (κ1) is 31.1. The van der Waals surface area contributed by atoms with Gasteiger partial charge in [0.2, 0.25) is 5.89 Å². The number of nitrogens with zero attached hydrogens (tertiary/aromatic N) is 4. The number of halogens is 1. The minimum atomic E-state index is -0.730. The summed E-state index contributed by atoms with van der Waals surface area (Å²) >= 11 is 8.54. The number of carboxylic acids is 1. The van der Waals surface area contributed by atoms with Gasteiger partial charge in [-0.3, -0.25) is 14.6 Å². The van der Waals surface area contributed by atoms with E-state index in [1.807, 2.05) is 29.5 Å². The Balaban J connectivity index is 1.18. The fourth-order valence-electron chi connectivity index (χ4n) is 6.97. The maximum Gasteiger partial charge on any atom is 0.307 e. The molecule has 0 aliphatic carbocycles. The Morgan fingerprint density at radius 2 is 1.78 bits per heavy atom. The molecule has 4 heterocycles. The van der Waals surface area contributed by atoms with Crippen LogP contribution in [0.25, 0.3) is 44.3 Å². The molecular weight excluding hydrogens is 616 g/mol. The molecule has 0 radical (unpaired) electrons. The number of hydrogen-bond donors (Lipinski definition) is 1. The van der Waals surface area contributed by atoms with E-state index in [9.17, 15) is 9.90 Å². The Morgan fingerprint density at radius 3 is 2.50 bits per heavy atom. The molecule has 1 saturated heterocycles. The number of oxazole rings is 1. The molecule has 2 aliphatic heterocycles. The monoisotopic (exact) mass is 654 g/mol. The molecule has 2 aliphatic rings. The first-order chi connectivity index (χ1) is 22.2. The summed E-state index contributed by atoms with van der Waals surface area (Å²) in [6.07, 6.45) is 2.84. The summed E-state index contributed by atoms with van der Waals surface area (Å²) < 4.78 is 6.29. The predicted molar refractivity (Wildman–Crippen MR) is 185 cm³/mol. The zero-order chi connectivity index (χ0) is 32.1. The lowest BCUT2D eigenvalue weighted by Gasteiger charge is -2.31. The number of rotatable bonds is 8. The number of hydrogen-bond acceptors (Lipinski definition) is 7. The van der Waals surface area contributed by atoms with E-state index in [1.54, 1.807) is 0 Å². The molecule has 2 aromatic heterocycles. The van der Waals surface area contributed by atoms with Gasteiger partial charge in [-0.1, -0.05) is 48.9 Å². The van der Waals surface area contributed by atoms with Gasteiger partial charge in [0, 0.05) is 54.6 Å². The normalized spacial score (nSPS) is 17.9. The molecule has 2 atom stereocenters. The van der Waals surface area contributed by atoms with Crippen molar-refractivity contribution in [2.24, 2.45) is 5.92 Å². The molecule has 0 bridgehead atoms. The number of fused-ring (bicyclic) bond motifs is 2. The van der Waals surface area contributed by atoms with Gasteiger partial charge in [-0.15, -0.1) is 11.3 Å². The topological polar surface area (TPSA) is 82.7 Å². The third-order valence-corrected chi connectivity index (χ3v) is 11.3. The van der Waals surface area contributed by atoms with Crippen LogP contribution in [0, 0.1) is 19.8 Å². The standard InChI is InChI=1S/C37H39ClN4O3S/c1-5-21(2)42-15-13-31-33(20-42)46-36(40-31)29-11-7-9-27(23(29)4)26-8-6-10-28(22(26)3)35-39-32-17-24(16-30(38)34(32)45-35)18-41-14-12-25(19-41)37(43)44/h6-11,16-17,21,25H,5,12-15,18-20H2,1-4H3,(H,43,44)/t21?,25-/m1/s1. The van der Waals surface area contributed by atoms with Crippen LogP contribution in [0.4, 0.5) is 0 Å². The van der Waals surface area contributed by atoms with Gasteiger partial charge >= 0.3 is 5.97 Å². The lowest BCUT2D eigenvalue weighted by Crippen LogP contribution is -2.36. The van der Waals surface area contributed by atoms with Crippen molar-refractivity contribution >= 4 is 40.0 Å². The minimum absolute atomic E-state index is 0.315. The van der Waals surface area contributed by atoms with Crippen LogP contribution < -0.4 is 0 Å². The van der Waals surface area contributed by atoms with Crippen LogP contribution in [0.3, 0.4) is 0 Å². The number of aromatic nitrogens is 2. The predicted octanol–water partition coefficient (Wildman–Crippen LogP) is 8.62. The molecule has 9 heteroatoms. The van der Waals surface area contributed by atoms with Crippen molar-refractivity contribution in [3.8, 4) is 33.2 Å². The van der Waals surface area contributed by atoms with Gasteiger partial charge in [-0.25, -0.2) is 9.97 Å². The van der Waals surface area contributed by atoms with Gasteiger partial charge in [0.25, 0.3) is 0 Å². The third-order valence-electron chi connectivity index (χ3n) is 9.93. The molecule has 0 amide bonds. The number of carboxylic acid groups (broad SMARTS) is 1. The van der Waals surface area contributed by atoms with Crippen molar-refractivity contribution in [1.82, 2.24) is 19.8 Å². The van der Waals surface area contributed by atoms with Crippen molar-refractivity contribution in [3.63, 3.8) is 0 Å². The Kier molecular flexibility index (Phi) is 8.48. The zero-order valence-corrected chi connectivity index (χ0v) is 28.3. The van der Waals surface area contributed by atoms with Crippen LogP contribution in [0.2, 0.25) is 5.02 Å². The second-order valence-corrected chi connectivity index (χ2v) is 14.3. The van der Waals surface area contributed by atoms with Gasteiger partial charge in [0.15, 0.2) is 5.58 Å². The van der Waals surface area contributed by atoms with Gasteiger partial charge < -0.3 is 9.52 Å². The van der Waals surface area contributed by atoms with Crippen molar-refractivity contribution < 1.29 is 14.3 Å². The van der Waals surface area contributed by atoms with E-state index in [1.165, 1.54) is 27.3 Å². The lowest BCUT2D eigenvalue weighted by molar-refractivity contribution is -0.141. The van der Waals surface area contributed by atoms with Crippen LogP contribution in [0.1, 0.15) is 54.0 Å². The fourth-order valence-corrected chi connectivity index (χ4v) is 8.46. The van der Waals surface area contributed by atoms with Crippen molar-refractivity contribution in [2.75, 3.05) is 19.6 Å². The average Bonchev–Trinajstić information content (AvgIpc) is 3.79. The quantitative estimate of drug-likeness (QED) is 0.179. The molecule has 7 nitrogen and oxygen atoms in total. The summed E-state index contributed by atoms with van der Waals surface area (Å²) in [5.74, 6) is -0.510. The second-order valence-electron chi connectivity index (χ2n) is 12.8. The van der Waals surface area contributed by atoms with Gasteiger partial charge in [0.05, 0.1) is 16.6 Å². The molecule has 5 aromatic rings. The Labute approximate surface area is 278 Å². The van der Waals surface area contributed by atoms with Crippen LogP contribution in [-0.2, 0) is 24.3 Å². The maximum atomic E-state index is 11.4. The summed E-state index contributed by atoms with van der Waals surface area (Å²) in [5.41, 5.74) is 10.2. The maximum absolute atomic E-state index is 11.4. The lowest BCUT2D eigenvalue weighted by atomic mass is 9.91. The summed E-state index contributed by atoms with van der Waals surface area (Å²) in [6, 6.07) is 17.3. The van der Waals surface area contributed by atoms with E-state index in [0.717, 1.165) is 59.7 Å². The molecule has 46 heavy (non-hydrogen) atoms. The number of likely N-dealkylation sites (tertiary alicyclic amines) is 1. The molecule has 0 spiro atoms. The van der Waals surface area contributed by atoms with Crippen molar-refractivity contribution in [3.05, 3.63) is 80.8 Å². The summed E-state index contributed by atoms with van der Waals surface area (Å²) in [7, 11) is 0. The van der Waals surface area contributed by atoms with Crippen molar-refractivity contribution in [1.29, 1.82) is 0 Å². The van der Waals surface area contributed by atoms with E-state index in [-0.39, 0.29) is 5.92 Å². The molecule has 7 rings (SSSR count). The molecule has 3 aromatic carbocycles. The van der Waals surface area contributed by atoms with Gasteiger partial charge in [-0.05, 0) is 86.2 Å². The Hall–Kier alpha value is -3.56. The molecule has 1 fully saturated rings. The second kappa shape index (κ2) is 12.6. The highest BCUT2D eigenvalue weighted by molar-refractivity contribution is 7.15. The Morgan fingerprint density at radius 1 is 1.07 bits per heavy atom. The smallest absolute Gasteiger partial charge is 0.307 e. The molecule has 1 N–H and O–H groups in total. The van der Waals surface area contributed by atoms with E-state index < -0.39 is 5.97 Å². The van der Waals surface area contributed by atoms with Gasteiger partial charge in [0.1, 0.15) is 10.5 Å². The molecule has 1 unspecified atom stereocenters. The number of benzene rings is 3. The molecule has 0 saturated carbocycles. The van der Waals surface area contributed by atoms with Crippen LogP contribution in [0.15, 0.2) is 52.9 Å². The third kappa shape index (κ3) is 5.77. The number of carbonyl (C=O) groups is 1. The minimum Gasteiger partial charge on any atom is -0.481 e. The number of aliphatic carboxylic acids is 1. The van der Waals surface area contributed by atoms with E-state index in [0.29, 0.717) is 47.6 Å².